The van der Waals surface area contributed by atoms with E-state index in [-0.39, 0.29) is 11.7 Å². The number of aryl methyl sites for hydroxylation is 2. The molecule has 2 atom stereocenters. The molecule has 2 aromatic rings. The zero-order valence-electron chi connectivity index (χ0n) is 10.4. The number of benzene rings is 1. The molecule has 4 heteroatoms. The highest BCUT2D eigenvalue weighted by molar-refractivity contribution is 7.16. The van der Waals surface area contributed by atoms with E-state index < -0.39 is 0 Å². The van der Waals surface area contributed by atoms with Gasteiger partial charge in [-0.3, -0.25) is 0 Å². The average molecular weight is 262 g/mol. The van der Waals surface area contributed by atoms with Gasteiger partial charge in [0.15, 0.2) is 0 Å². The molecular weight excluding hydrogens is 247 g/mol. The standard InChI is InChI=1S/C14H15O3P/c1-7-3-12(15)17-14-8(2)13-9(5-11(7)14)4-10(6-18)16-13/h3,5,10H,4,6,18H2,1-2H3. The summed E-state index contributed by atoms with van der Waals surface area (Å²) in [6.45, 7) is 3.89. The Morgan fingerprint density at radius 2 is 2.17 bits per heavy atom. The topological polar surface area (TPSA) is 39.4 Å². The maximum atomic E-state index is 11.5. The van der Waals surface area contributed by atoms with Gasteiger partial charge in [-0.15, -0.1) is 9.24 Å². The van der Waals surface area contributed by atoms with E-state index in [1.807, 2.05) is 13.8 Å². The fraction of sp³-hybridized carbons (Fsp3) is 0.357. The summed E-state index contributed by atoms with van der Waals surface area (Å²) >= 11 is 0. The van der Waals surface area contributed by atoms with Crippen molar-refractivity contribution in [3.05, 3.63) is 39.2 Å². The minimum atomic E-state index is -0.302. The van der Waals surface area contributed by atoms with Gasteiger partial charge in [0.25, 0.3) is 0 Å². The van der Waals surface area contributed by atoms with Crippen LogP contribution >= 0.6 is 9.24 Å². The molecule has 0 fully saturated rings. The van der Waals surface area contributed by atoms with Crippen molar-refractivity contribution in [2.45, 2.75) is 26.4 Å². The van der Waals surface area contributed by atoms with Crippen molar-refractivity contribution in [2.75, 3.05) is 6.16 Å². The second-order valence-corrected chi connectivity index (χ2v) is 5.27. The van der Waals surface area contributed by atoms with Crippen molar-refractivity contribution in [1.82, 2.24) is 0 Å². The third kappa shape index (κ3) is 1.65. The van der Waals surface area contributed by atoms with Crippen molar-refractivity contribution >= 4 is 20.2 Å². The van der Waals surface area contributed by atoms with Gasteiger partial charge in [0.05, 0.1) is 0 Å². The average Bonchev–Trinajstić information content (AvgIpc) is 2.74. The first-order chi connectivity index (χ1) is 8.60. The molecule has 0 saturated heterocycles. The van der Waals surface area contributed by atoms with Gasteiger partial charge in [-0.2, -0.15) is 0 Å². The maximum absolute atomic E-state index is 11.5. The summed E-state index contributed by atoms with van der Waals surface area (Å²) < 4.78 is 11.2. The van der Waals surface area contributed by atoms with Crippen molar-refractivity contribution in [1.29, 1.82) is 0 Å². The third-order valence-electron chi connectivity index (χ3n) is 3.49. The summed E-state index contributed by atoms with van der Waals surface area (Å²) in [6, 6.07) is 3.63. The highest BCUT2D eigenvalue weighted by Crippen LogP contribution is 2.38. The van der Waals surface area contributed by atoms with Crippen molar-refractivity contribution in [3.63, 3.8) is 0 Å². The summed E-state index contributed by atoms with van der Waals surface area (Å²) in [5.41, 5.74) is 3.46. The molecule has 1 aliphatic rings. The van der Waals surface area contributed by atoms with E-state index in [1.165, 1.54) is 11.6 Å². The van der Waals surface area contributed by atoms with Gasteiger partial charge in [-0.05, 0) is 37.2 Å². The van der Waals surface area contributed by atoms with Crippen LogP contribution in [0.25, 0.3) is 11.0 Å². The molecule has 2 unspecified atom stereocenters. The molecule has 0 amide bonds. The van der Waals surface area contributed by atoms with E-state index in [4.69, 9.17) is 9.15 Å². The van der Waals surface area contributed by atoms with E-state index in [0.717, 1.165) is 34.8 Å². The van der Waals surface area contributed by atoms with Gasteiger partial charge in [-0.25, -0.2) is 4.79 Å². The summed E-state index contributed by atoms with van der Waals surface area (Å²) in [6.07, 6.45) is 2.05. The summed E-state index contributed by atoms with van der Waals surface area (Å²) in [5, 5.41) is 1.01. The highest BCUT2D eigenvalue weighted by Gasteiger charge is 2.25. The Kier molecular flexibility index (Phi) is 2.67. The molecule has 94 valence electrons. The Balaban J connectivity index is 2.32. The first-order valence-corrected chi connectivity index (χ1v) is 6.85. The molecule has 1 aromatic heterocycles. The largest absolute Gasteiger partial charge is 0.489 e. The predicted molar refractivity (Wildman–Crippen MR) is 74.7 cm³/mol. The molecule has 3 nitrogen and oxygen atoms in total. The zero-order valence-corrected chi connectivity index (χ0v) is 11.6. The van der Waals surface area contributed by atoms with Gasteiger partial charge in [0.2, 0.25) is 0 Å². The van der Waals surface area contributed by atoms with E-state index in [0.29, 0.717) is 5.58 Å². The molecule has 0 radical (unpaired) electrons. The minimum absolute atomic E-state index is 0.215. The molecule has 0 spiro atoms. The molecule has 0 bridgehead atoms. The van der Waals surface area contributed by atoms with Crippen LogP contribution in [0.15, 0.2) is 21.3 Å². The van der Waals surface area contributed by atoms with Crippen LogP contribution in [0.1, 0.15) is 16.7 Å². The molecule has 0 N–H and O–H groups in total. The Bertz CT molecular complexity index is 687. The molecule has 0 saturated carbocycles. The van der Waals surface area contributed by atoms with E-state index in [1.54, 1.807) is 0 Å². The molecule has 0 aliphatic carbocycles. The SMILES string of the molecule is Cc1cc(=O)oc2c(C)c3c(cc12)CC(CP)O3. The van der Waals surface area contributed by atoms with Gasteiger partial charge in [0.1, 0.15) is 17.4 Å². The van der Waals surface area contributed by atoms with Crippen LogP contribution in [0.4, 0.5) is 0 Å². The number of ether oxygens (including phenoxy) is 1. The van der Waals surface area contributed by atoms with Crippen molar-refractivity contribution in [3.8, 4) is 5.75 Å². The Hall–Kier alpha value is -1.34. The van der Waals surface area contributed by atoms with Crippen LogP contribution in [0.5, 0.6) is 5.75 Å². The quantitative estimate of drug-likeness (QED) is 0.585. The zero-order chi connectivity index (χ0) is 12.9. The minimum Gasteiger partial charge on any atom is -0.489 e. The number of hydrogen-bond acceptors (Lipinski definition) is 3. The van der Waals surface area contributed by atoms with Gasteiger partial charge in [0, 0.05) is 23.4 Å². The van der Waals surface area contributed by atoms with Crippen molar-refractivity contribution < 1.29 is 9.15 Å². The smallest absolute Gasteiger partial charge is 0.336 e. The van der Waals surface area contributed by atoms with Crippen molar-refractivity contribution in [2.24, 2.45) is 0 Å². The summed E-state index contributed by atoms with van der Waals surface area (Å²) in [5.74, 6) is 0.892. The number of fused-ring (bicyclic) bond motifs is 2. The van der Waals surface area contributed by atoms with Crippen LogP contribution in [-0.4, -0.2) is 12.3 Å². The maximum Gasteiger partial charge on any atom is 0.336 e. The lowest BCUT2D eigenvalue weighted by Crippen LogP contribution is -2.13. The molecular formula is C14H15O3P. The number of rotatable bonds is 1. The molecule has 2 heterocycles. The summed E-state index contributed by atoms with van der Waals surface area (Å²) in [7, 11) is 2.71. The van der Waals surface area contributed by atoms with Gasteiger partial charge >= 0.3 is 5.63 Å². The predicted octanol–water partition coefficient (Wildman–Crippen LogP) is 2.59. The second-order valence-electron chi connectivity index (χ2n) is 4.79. The van der Waals surface area contributed by atoms with E-state index in [9.17, 15) is 4.79 Å². The first-order valence-electron chi connectivity index (χ1n) is 6.04. The summed E-state index contributed by atoms with van der Waals surface area (Å²) in [4.78, 5) is 11.5. The monoisotopic (exact) mass is 262 g/mol. The Morgan fingerprint density at radius 3 is 2.89 bits per heavy atom. The molecule has 1 aromatic carbocycles. The van der Waals surface area contributed by atoms with Crippen LogP contribution < -0.4 is 10.4 Å². The van der Waals surface area contributed by atoms with Crippen LogP contribution in [-0.2, 0) is 6.42 Å². The fourth-order valence-electron chi connectivity index (χ4n) is 2.56. The second kappa shape index (κ2) is 4.10. The normalized spacial score (nSPS) is 17.8. The fourth-order valence-corrected chi connectivity index (χ4v) is 2.82. The Labute approximate surface area is 107 Å². The number of hydrogen-bond donors (Lipinski definition) is 0. The van der Waals surface area contributed by atoms with Gasteiger partial charge < -0.3 is 9.15 Å². The molecule has 18 heavy (non-hydrogen) atoms. The highest BCUT2D eigenvalue weighted by atomic mass is 31.0. The van der Waals surface area contributed by atoms with Gasteiger partial charge in [-0.1, -0.05) is 0 Å². The lowest BCUT2D eigenvalue weighted by molar-refractivity contribution is 0.257. The third-order valence-corrected chi connectivity index (χ3v) is 4.02. The lowest BCUT2D eigenvalue weighted by Gasteiger charge is -2.10. The lowest BCUT2D eigenvalue weighted by atomic mass is 10.0. The van der Waals surface area contributed by atoms with Crippen LogP contribution in [0.2, 0.25) is 0 Å². The van der Waals surface area contributed by atoms with Crippen LogP contribution in [0.3, 0.4) is 0 Å². The van der Waals surface area contributed by atoms with E-state index >= 15 is 0 Å². The van der Waals surface area contributed by atoms with E-state index in [2.05, 4.69) is 15.3 Å². The molecule has 1 aliphatic heterocycles. The first kappa shape index (κ1) is 11.7. The van der Waals surface area contributed by atoms with Crippen LogP contribution in [0, 0.1) is 13.8 Å². The molecule has 3 rings (SSSR count). The Morgan fingerprint density at radius 1 is 1.39 bits per heavy atom.